The Balaban J connectivity index is 2.04. The van der Waals surface area contributed by atoms with Gasteiger partial charge < -0.3 is 5.32 Å². The molecule has 1 aliphatic heterocycles. The minimum absolute atomic E-state index is 0.386. The van der Waals surface area contributed by atoms with E-state index in [4.69, 9.17) is 11.8 Å². The van der Waals surface area contributed by atoms with Crippen molar-refractivity contribution in [3.05, 3.63) is 60.2 Å². The third kappa shape index (κ3) is 2.04. The summed E-state index contributed by atoms with van der Waals surface area (Å²) in [6, 6.07) is 16.0. The van der Waals surface area contributed by atoms with Crippen LogP contribution in [-0.2, 0) is 5.92 Å². The predicted molar refractivity (Wildman–Crippen MR) is 75.1 cm³/mol. The van der Waals surface area contributed by atoms with Crippen molar-refractivity contribution < 1.29 is 4.39 Å². The fourth-order valence-electron chi connectivity index (χ4n) is 2.01. The molecule has 0 saturated carbocycles. The van der Waals surface area contributed by atoms with Crippen LogP contribution in [0, 0.1) is 0 Å². The molecule has 0 spiro atoms. The van der Waals surface area contributed by atoms with E-state index in [1.807, 2.05) is 24.3 Å². The normalized spacial score (nSPS) is 21.1. The lowest BCUT2D eigenvalue weighted by Crippen LogP contribution is -2.44. The molecule has 0 aliphatic carbocycles. The smallest absolute Gasteiger partial charge is 0.301 e. The zero-order chi connectivity index (χ0) is 13.3. The Bertz CT molecular complexity index is 617. The maximum Gasteiger partial charge on any atom is 0.301 e. The van der Waals surface area contributed by atoms with Crippen molar-refractivity contribution in [2.45, 2.75) is 5.92 Å². The number of alkyl halides is 1. The van der Waals surface area contributed by atoms with Crippen molar-refractivity contribution >= 4 is 29.5 Å². The second kappa shape index (κ2) is 4.55. The molecule has 1 atom stereocenters. The number of nitrogens with zero attached hydrogens (tertiary/aromatic N) is 2. The number of benzene rings is 2. The summed E-state index contributed by atoms with van der Waals surface area (Å²) in [5.74, 6) is -2.03. The molecule has 3 nitrogen and oxygen atoms in total. The Morgan fingerprint density at radius 3 is 2.53 bits per heavy atom. The molecule has 3 rings (SSSR count). The van der Waals surface area contributed by atoms with Gasteiger partial charge in [-0.1, -0.05) is 30.3 Å². The van der Waals surface area contributed by atoms with Crippen molar-refractivity contribution in [2.24, 2.45) is 4.99 Å². The minimum atomic E-state index is -2.03. The summed E-state index contributed by atoms with van der Waals surface area (Å²) in [7, 11) is 0. The average molecular weight is 276 g/mol. The molecule has 1 N–H and O–H groups in total. The second-order valence-corrected chi connectivity index (χ2v) is 4.55. The third-order valence-electron chi connectivity index (χ3n) is 2.94. The number of fused-ring (bicyclic) bond motifs is 1. The standard InChI is InChI=1S/C14H11ClFN3/c15-19-10-17-13-9-5-4-8-12(13)14(19,16)18-11-6-2-1-3-7-11/h1-10,18H. The molecule has 1 unspecified atom stereocenters. The Morgan fingerprint density at radius 1 is 1.05 bits per heavy atom. The van der Waals surface area contributed by atoms with Gasteiger partial charge in [-0.3, -0.25) is 0 Å². The van der Waals surface area contributed by atoms with Crippen LogP contribution in [-0.4, -0.2) is 10.8 Å². The Labute approximate surface area is 115 Å². The van der Waals surface area contributed by atoms with Gasteiger partial charge in [0.25, 0.3) is 0 Å². The van der Waals surface area contributed by atoms with Crippen LogP contribution in [0.25, 0.3) is 0 Å². The summed E-state index contributed by atoms with van der Waals surface area (Å²) < 4.78 is 16.1. The van der Waals surface area contributed by atoms with Crippen LogP contribution >= 0.6 is 11.8 Å². The van der Waals surface area contributed by atoms with Gasteiger partial charge in [-0.05, 0) is 24.3 Å². The summed E-state index contributed by atoms with van der Waals surface area (Å²) in [5.41, 5.74) is 1.59. The first-order valence-corrected chi connectivity index (χ1v) is 6.15. The first-order chi connectivity index (χ1) is 9.20. The molecule has 2 aromatic rings. The summed E-state index contributed by atoms with van der Waals surface area (Å²) in [4.78, 5) is 4.10. The maximum atomic E-state index is 15.2. The van der Waals surface area contributed by atoms with Gasteiger partial charge in [0.2, 0.25) is 0 Å². The average Bonchev–Trinajstić information content (AvgIpc) is 2.45. The van der Waals surface area contributed by atoms with Gasteiger partial charge in [0.1, 0.15) is 6.34 Å². The third-order valence-corrected chi connectivity index (χ3v) is 3.26. The number of halogens is 2. The molecule has 0 fully saturated rings. The molecule has 1 heterocycles. The molecular weight excluding hydrogens is 265 g/mol. The van der Waals surface area contributed by atoms with E-state index in [0.29, 0.717) is 16.9 Å². The fraction of sp³-hybridized carbons (Fsp3) is 0.0714. The van der Waals surface area contributed by atoms with Crippen molar-refractivity contribution in [2.75, 3.05) is 5.32 Å². The van der Waals surface area contributed by atoms with Crippen LogP contribution < -0.4 is 5.32 Å². The first kappa shape index (κ1) is 12.0. The Hall–Kier alpha value is -2.07. The number of anilines is 1. The van der Waals surface area contributed by atoms with Crippen LogP contribution in [0.15, 0.2) is 59.6 Å². The highest BCUT2D eigenvalue weighted by Crippen LogP contribution is 2.40. The first-order valence-electron chi connectivity index (χ1n) is 5.81. The van der Waals surface area contributed by atoms with E-state index >= 15 is 4.39 Å². The summed E-state index contributed by atoms with van der Waals surface area (Å²) in [6.45, 7) is 0. The molecule has 96 valence electrons. The lowest BCUT2D eigenvalue weighted by atomic mass is 10.1. The van der Waals surface area contributed by atoms with Gasteiger partial charge in [-0.15, -0.1) is 0 Å². The highest BCUT2D eigenvalue weighted by Gasteiger charge is 2.41. The van der Waals surface area contributed by atoms with Crippen LogP contribution in [0.2, 0.25) is 0 Å². The largest absolute Gasteiger partial charge is 0.331 e. The van der Waals surface area contributed by atoms with Crippen LogP contribution in [0.5, 0.6) is 0 Å². The topological polar surface area (TPSA) is 27.6 Å². The van der Waals surface area contributed by atoms with Crippen LogP contribution in [0.1, 0.15) is 5.56 Å². The highest BCUT2D eigenvalue weighted by molar-refractivity contribution is 6.19. The summed E-state index contributed by atoms with van der Waals surface area (Å²) in [5, 5.41) is 2.80. The van der Waals surface area contributed by atoms with Gasteiger partial charge in [0.15, 0.2) is 0 Å². The molecular formula is C14H11ClFN3. The fourth-order valence-corrected chi connectivity index (χ4v) is 2.18. The van der Waals surface area contributed by atoms with Crippen LogP contribution in [0.4, 0.5) is 15.8 Å². The highest BCUT2D eigenvalue weighted by atomic mass is 35.5. The second-order valence-electron chi connectivity index (χ2n) is 4.19. The van der Waals surface area contributed by atoms with Crippen molar-refractivity contribution in [3.8, 4) is 0 Å². The zero-order valence-electron chi connectivity index (χ0n) is 9.92. The zero-order valence-corrected chi connectivity index (χ0v) is 10.7. The van der Waals surface area contributed by atoms with E-state index in [-0.39, 0.29) is 0 Å². The monoisotopic (exact) mass is 275 g/mol. The number of nitrogens with one attached hydrogen (secondary N) is 1. The van der Waals surface area contributed by atoms with E-state index < -0.39 is 5.92 Å². The van der Waals surface area contributed by atoms with Gasteiger partial charge in [0.05, 0.1) is 11.3 Å². The van der Waals surface area contributed by atoms with E-state index in [1.165, 1.54) is 6.34 Å². The molecule has 5 heteroatoms. The Morgan fingerprint density at radius 2 is 1.74 bits per heavy atom. The molecule has 0 bridgehead atoms. The molecule has 1 aliphatic rings. The van der Waals surface area contributed by atoms with E-state index in [9.17, 15) is 0 Å². The van der Waals surface area contributed by atoms with Crippen molar-refractivity contribution in [3.63, 3.8) is 0 Å². The van der Waals surface area contributed by atoms with E-state index in [1.54, 1.807) is 30.3 Å². The number of hydrogen-bond donors (Lipinski definition) is 1. The maximum absolute atomic E-state index is 15.2. The number of aliphatic imine (C=N–C) groups is 1. The molecule has 0 radical (unpaired) electrons. The van der Waals surface area contributed by atoms with Gasteiger partial charge in [-0.2, -0.15) is 4.39 Å². The number of para-hydroxylation sites is 2. The molecule has 19 heavy (non-hydrogen) atoms. The predicted octanol–water partition coefficient (Wildman–Crippen LogP) is 4.01. The summed E-state index contributed by atoms with van der Waals surface area (Å²) >= 11 is 5.95. The Kier molecular flexibility index (Phi) is 2.87. The lowest BCUT2D eigenvalue weighted by Gasteiger charge is -2.35. The SMILES string of the molecule is FC1(Nc2ccccc2)c2ccccc2N=CN1Cl. The van der Waals surface area contributed by atoms with E-state index in [0.717, 1.165) is 4.42 Å². The number of rotatable bonds is 2. The van der Waals surface area contributed by atoms with E-state index in [2.05, 4.69) is 10.3 Å². The quantitative estimate of drug-likeness (QED) is 0.662. The van der Waals surface area contributed by atoms with Crippen LogP contribution in [0.3, 0.4) is 0 Å². The number of hydrogen-bond acceptors (Lipinski definition) is 3. The lowest BCUT2D eigenvalue weighted by molar-refractivity contribution is 0.108. The van der Waals surface area contributed by atoms with Gasteiger partial charge in [0, 0.05) is 17.5 Å². The van der Waals surface area contributed by atoms with Gasteiger partial charge >= 0.3 is 5.92 Å². The molecule has 0 amide bonds. The molecule has 2 aromatic carbocycles. The molecule has 0 saturated heterocycles. The molecule has 0 aromatic heterocycles. The summed E-state index contributed by atoms with van der Waals surface area (Å²) in [6.07, 6.45) is 1.26. The van der Waals surface area contributed by atoms with Crippen molar-refractivity contribution in [1.82, 2.24) is 4.42 Å². The van der Waals surface area contributed by atoms with Crippen molar-refractivity contribution in [1.29, 1.82) is 0 Å². The minimum Gasteiger partial charge on any atom is -0.331 e. The van der Waals surface area contributed by atoms with Gasteiger partial charge in [-0.25, -0.2) is 9.41 Å².